The third kappa shape index (κ3) is 6.77. The predicted octanol–water partition coefficient (Wildman–Crippen LogP) is 2.12. The molecule has 1 aliphatic rings. The summed E-state index contributed by atoms with van der Waals surface area (Å²) < 4.78 is 1.05. The summed E-state index contributed by atoms with van der Waals surface area (Å²) in [7, 11) is 0. The summed E-state index contributed by atoms with van der Waals surface area (Å²) in [5.41, 5.74) is 1.95. The van der Waals surface area contributed by atoms with E-state index in [0.717, 1.165) is 55.0 Å². The van der Waals surface area contributed by atoms with Crippen LogP contribution in [-0.2, 0) is 4.79 Å². The van der Waals surface area contributed by atoms with Crippen molar-refractivity contribution in [2.75, 3.05) is 51.2 Å². The Morgan fingerprint density at radius 1 is 1.22 bits per heavy atom. The lowest BCUT2D eigenvalue weighted by Gasteiger charge is -2.34. The number of hydrogen-bond acceptors (Lipinski definition) is 4. The Hall–Kier alpha value is -0.660. The zero-order valence-corrected chi connectivity index (χ0v) is 15.8. The summed E-state index contributed by atoms with van der Waals surface area (Å²) in [6.45, 7) is 7.61. The lowest BCUT2D eigenvalue weighted by molar-refractivity contribution is -0.116. The van der Waals surface area contributed by atoms with Gasteiger partial charge in [-0.3, -0.25) is 9.69 Å². The maximum Gasteiger partial charge on any atom is 0.225 e. The monoisotopic (exact) mass is 405 g/mol. The summed E-state index contributed by atoms with van der Waals surface area (Å²) in [5.74, 6) is 0.0551. The molecular formula is C16H25BrClN3O2. The summed E-state index contributed by atoms with van der Waals surface area (Å²) >= 11 is 3.46. The van der Waals surface area contributed by atoms with E-state index in [4.69, 9.17) is 5.11 Å². The number of aliphatic hydroxyl groups is 1. The van der Waals surface area contributed by atoms with Gasteiger partial charge in [-0.2, -0.15) is 0 Å². The highest BCUT2D eigenvalue weighted by Crippen LogP contribution is 2.20. The molecule has 0 spiro atoms. The number of halogens is 2. The molecule has 1 amide bonds. The van der Waals surface area contributed by atoms with Crippen LogP contribution in [0.5, 0.6) is 0 Å². The molecule has 5 nitrogen and oxygen atoms in total. The predicted molar refractivity (Wildman–Crippen MR) is 99.3 cm³/mol. The fourth-order valence-corrected chi connectivity index (χ4v) is 2.83. The van der Waals surface area contributed by atoms with Crippen LogP contribution in [0.2, 0.25) is 0 Å². The second-order valence-corrected chi connectivity index (χ2v) is 6.52. The topological polar surface area (TPSA) is 55.8 Å². The van der Waals surface area contributed by atoms with E-state index in [1.165, 1.54) is 0 Å². The summed E-state index contributed by atoms with van der Waals surface area (Å²) in [4.78, 5) is 16.6. The van der Waals surface area contributed by atoms with E-state index < -0.39 is 0 Å². The van der Waals surface area contributed by atoms with E-state index in [9.17, 15) is 4.79 Å². The van der Waals surface area contributed by atoms with E-state index in [0.29, 0.717) is 6.42 Å². The Morgan fingerprint density at radius 2 is 1.83 bits per heavy atom. The highest BCUT2D eigenvalue weighted by Gasteiger charge is 2.16. The second-order valence-electron chi connectivity index (χ2n) is 5.67. The van der Waals surface area contributed by atoms with Crippen LogP contribution < -0.4 is 5.32 Å². The Kier molecular flexibility index (Phi) is 9.09. The number of β-amino-alcohol motifs (C(OH)–C–C–N with tert-alkyl or cyclic N) is 1. The van der Waals surface area contributed by atoms with Crippen LogP contribution in [0, 0.1) is 6.92 Å². The average Bonchev–Trinajstić information content (AvgIpc) is 2.51. The largest absolute Gasteiger partial charge is 0.395 e. The zero-order chi connectivity index (χ0) is 15.9. The smallest absolute Gasteiger partial charge is 0.225 e. The van der Waals surface area contributed by atoms with Crippen LogP contribution in [0.4, 0.5) is 5.69 Å². The first kappa shape index (κ1) is 20.4. The molecule has 0 radical (unpaired) electrons. The van der Waals surface area contributed by atoms with Crippen molar-refractivity contribution < 1.29 is 9.90 Å². The standard InChI is InChI=1S/C16H24BrN3O2.ClH/c1-13-12-14(2-3-15(13)17)18-16(22)4-5-19-6-8-20(9-7-19)10-11-21;/h2-3,12,21H,4-11H2,1H3,(H,18,22);1H. The van der Waals surface area contributed by atoms with Gasteiger partial charge in [0.15, 0.2) is 0 Å². The Bertz CT molecular complexity index is 508. The van der Waals surface area contributed by atoms with Gasteiger partial charge < -0.3 is 15.3 Å². The molecule has 0 unspecified atom stereocenters. The minimum atomic E-state index is 0. The number of nitrogens with one attached hydrogen (secondary N) is 1. The van der Waals surface area contributed by atoms with Crippen molar-refractivity contribution in [1.29, 1.82) is 0 Å². The highest BCUT2D eigenvalue weighted by molar-refractivity contribution is 9.10. The molecule has 1 aromatic carbocycles. The number of benzene rings is 1. The number of nitrogens with zero attached hydrogens (tertiary/aromatic N) is 2. The maximum absolute atomic E-state index is 12.0. The van der Waals surface area contributed by atoms with Crippen molar-refractivity contribution in [2.24, 2.45) is 0 Å². The van der Waals surface area contributed by atoms with Gasteiger partial charge >= 0.3 is 0 Å². The number of carbonyl (C=O) groups is 1. The SMILES string of the molecule is Cc1cc(NC(=O)CCN2CCN(CCO)CC2)ccc1Br.Cl. The van der Waals surface area contributed by atoms with Gasteiger partial charge in [-0.1, -0.05) is 15.9 Å². The molecular weight excluding hydrogens is 382 g/mol. The number of rotatable bonds is 6. The van der Waals surface area contributed by atoms with Crippen LogP contribution >= 0.6 is 28.3 Å². The molecule has 0 bridgehead atoms. The third-order valence-corrected chi connectivity index (χ3v) is 4.87. The molecule has 0 saturated carbocycles. The Morgan fingerprint density at radius 3 is 2.39 bits per heavy atom. The van der Waals surface area contributed by atoms with E-state index in [-0.39, 0.29) is 24.9 Å². The molecule has 130 valence electrons. The summed E-state index contributed by atoms with van der Waals surface area (Å²) in [6, 6.07) is 5.82. The number of anilines is 1. The van der Waals surface area contributed by atoms with Gasteiger partial charge in [0.1, 0.15) is 0 Å². The van der Waals surface area contributed by atoms with Gasteiger partial charge in [0.05, 0.1) is 6.61 Å². The molecule has 2 N–H and O–H groups in total. The lowest BCUT2D eigenvalue weighted by atomic mass is 10.2. The van der Waals surface area contributed by atoms with Gasteiger partial charge in [0.25, 0.3) is 0 Å². The fourth-order valence-electron chi connectivity index (χ4n) is 2.58. The quantitative estimate of drug-likeness (QED) is 0.760. The van der Waals surface area contributed by atoms with Crippen LogP contribution in [0.15, 0.2) is 22.7 Å². The number of hydrogen-bond donors (Lipinski definition) is 2. The van der Waals surface area contributed by atoms with E-state index in [2.05, 4.69) is 31.0 Å². The first-order valence-electron chi connectivity index (χ1n) is 7.70. The minimum Gasteiger partial charge on any atom is -0.395 e. The van der Waals surface area contributed by atoms with Gasteiger partial charge in [-0.15, -0.1) is 12.4 Å². The second kappa shape index (κ2) is 10.3. The molecule has 7 heteroatoms. The summed E-state index contributed by atoms with van der Waals surface area (Å²) in [5, 5.41) is 11.9. The highest BCUT2D eigenvalue weighted by atomic mass is 79.9. The number of carbonyl (C=O) groups excluding carboxylic acids is 1. The summed E-state index contributed by atoms with van der Waals surface area (Å²) in [6.07, 6.45) is 0.509. The van der Waals surface area contributed by atoms with Crippen molar-refractivity contribution >= 4 is 39.9 Å². The molecule has 2 rings (SSSR count). The first-order chi connectivity index (χ1) is 10.6. The van der Waals surface area contributed by atoms with E-state index in [1.807, 2.05) is 25.1 Å². The van der Waals surface area contributed by atoms with Crippen molar-refractivity contribution in [2.45, 2.75) is 13.3 Å². The van der Waals surface area contributed by atoms with Gasteiger partial charge in [0.2, 0.25) is 5.91 Å². The Labute approximate surface area is 152 Å². The molecule has 23 heavy (non-hydrogen) atoms. The number of piperazine rings is 1. The van der Waals surface area contributed by atoms with Gasteiger partial charge in [-0.05, 0) is 30.7 Å². The molecule has 1 aliphatic heterocycles. The first-order valence-corrected chi connectivity index (χ1v) is 8.49. The lowest BCUT2D eigenvalue weighted by Crippen LogP contribution is -2.47. The number of aliphatic hydroxyl groups excluding tert-OH is 1. The average molecular weight is 407 g/mol. The normalized spacial score (nSPS) is 16.0. The van der Waals surface area contributed by atoms with E-state index >= 15 is 0 Å². The Balaban J connectivity index is 0.00000264. The van der Waals surface area contributed by atoms with Crippen molar-refractivity contribution in [1.82, 2.24) is 9.80 Å². The third-order valence-electron chi connectivity index (χ3n) is 3.98. The molecule has 1 aromatic rings. The van der Waals surface area contributed by atoms with Crippen molar-refractivity contribution in [3.63, 3.8) is 0 Å². The molecule has 0 aliphatic carbocycles. The minimum absolute atomic E-state index is 0. The van der Waals surface area contributed by atoms with E-state index in [1.54, 1.807) is 0 Å². The number of aryl methyl sites for hydroxylation is 1. The molecule has 1 heterocycles. The van der Waals surface area contributed by atoms with Gasteiger partial charge in [-0.25, -0.2) is 0 Å². The van der Waals surface area contributed by atoms with Crippen LogP contribution in [-0.4, -0.2) is 66.7 Å². The zero-order valence-electron chi connectivity index (χ0n) is 13.4. The van der Waals surface area contributed by atoms with Crippen LogP contribution in [0.1, 0.15) is 12.0 Å². The van der Waals surface area contributed by atoms with Crippen molar-refractivity contribution in [3.8, 4) is 0 Å². The maximum atomic E-state index is 12.0. The molecule has 1 fully saturated rings. The van der Waals surface area contributed by atoms with Gasteiger partial charge in [0, 0.05) is 55.8 Å². The molecule has 0 aromatic heterocycles. The number of amides is 1. The molecule has 0 atom stereocenters. The van der Waals surface area contributed by atoms with Crippen LogP contribution in [0.25, 0.3) is 0 Å². The van der Waals surface area contributed by atoms with Crippen molar-refractivity contribution in [3.05, 3.63) is 28.2 Å². The fraction of sp³-hybridized carbons (Fsp3) is 0.562. The molecule has 1 saturated heterocycles. The van der Waals surface area contributed by atoms with Crippen LogP contribution in [0.3, 0.4) is 0 Å².